The van der Waals surface area contributed by atoms with Crippen LogP contribution < -0.4 is 10.0 Å². The van der Waals surface area contributed by atoms with Crippen LogP contribution in [0.15, 0.2) is 21.7 Å². The third-order valence-electron chi connectivity index (χ3n) is 3.67. The van der Waals surface area contributed by atoms with Gasteiger partial charge < -0.3 is 10.2 Å². The number of hydrogen-bond acceptors (Lipinski definition) is 4. The van der Waals surface area contributed by atoms with Crippen molar-refractivity contribution in [3.05, 3.63) is 17.5 Å². The molecular weight excluding hydrogens is 322 g/mol. The molecule has 22 heavy (non-hydrogen) atoms. The molecular formula is C14H23N3O3S2. The molecule has 1 fully saturated rings. The number of amides is 2. The van der Waals surface area contributed by atoms with Gasteiger partial charge in [0, 0.05) is 25.7 Å². The summed E-state index contributed by atoms with van der Waals surface area (Å²) in [4.78, 5) is 13.7. The van der Waals surface area contributed by atoms with E-state index < -0.39 is 10.0 Å². The predicted octanol–water partition coefficient (Wildman–Crippen LogP) is 2.00. The topological polar surface area (TPSA) is 78.5 Å². The molecule has 0 atom stereocenters. The van der Waals surface area contributed by atoms with Gasteiger partial charge in [-0.1, -0.05) is 19.4 Å². The Morgan fingerprint density at radius 1 is 1.41 bits per heavy atom. The Morgan fingerprint density at radius 2 is 2.14 bits per heavy atom. The lowest BCUT2D eigenvalue weighted by Gasteiger charge is -2.32. The van der Waals surface area contributed by atoms with E-state index in [2.05, 4.69) is 17.0 Å². The zero-order chi connectivity index (χ0) is 16.0. The standard InChI is InChI=1S/C14H23N3O3S2/c1-2-3-8-15-14(18)17-9-6-12(7-10-17)16-22(19,20)13-5-4-11-21-13/h4-5,11-12,16H,2-3,6-10H2,1H3,(H,15,18). The summed E-state index contributed by atoms with van der Waals surface area (Å²) in [6.07, 6.45) is 3.31. The molecule has 0 radical (unpaired) electrons. The van der Waals surface area contributed by atoms with Gasteiger partial charge in [-0.3, -0.25) is 0 Å². The van der Waals surface area contributed by atoms with Crippen molar-refractivity contribution >= 4 is 27.4 Å². The number of nitrogens with one attached hydrogen (secondary N) is 2. The summed E-state index contributed by atoms with van der Waals surface area (Å²) < 4.78 is 27.4. The smallest absolute Gasteiger partial charge is 0.317 e. The normalized spacial score (nSPS) is 16.7. The van der Waals surface area contributed by atoms with Gasteiger partial charge in [-0.25, -0.2) is 17.9 Å². The molecule has 1 aliphatic heterocycles. The quantitative estimate of drug-likeness (QED) is 0.774. The van der Waals surface area contributed by atoms with Gasteiger partial charge in [0.25, 0.3) is 0 Å². The number of unbranched alkanes of at least 4 members (excludes halogenated alkanes) is 1. The minimum Gasteiger partial charge on any atom is -0.338 e. The second-order valence-electron chi connectivity index (χ2n) is 5.40. The minimum absolute atomic E-state index is 0.0481. The van der Waals surface area contributed by atoms with Crippen molar-refractivity contribution in [2.45, 2.75) is 42.9 Å². The number of rotatable bonds is 6. The van der Waals surface area contributed by atoms with Crippen LogP contribution >= 0.6 is 11.3 Å². The largest absolute Gasteiger partial charge is 0.338 e. The van der Waals surface area contributed by atoms with E-state index in [9.17, 15) is 13.2 Å². The molecule has 2 heterocycles. The molecule has 1 aliphatic rings. The van der Waals surface area contributed by atoms with Crippen molar-refractivity contribution in [1.82, 2.24) is 14.9 Å². The van der Waals surface area contributed by atoms with Gasteiger partial charge in [0.05, 0.1) is 0 Å². The Labute approximate surface area is 135 Å². The second-order valence-corrected chi connectivity index (χ2v) is 8.29. The average molecular weight is 345 g/mol. The number of thiophene rings is 1. The third-order valence-corrected chi connectivity index (χ3v) is 6.59. The Balaban J connectivity index is 1.79. The molecule has 1 aromatic heterocycles. The molecule has 2 N–H and O–H groups in total. The van der Waals surface area contributed by atoms with E-state index >= 15 is 0 Å². The van der Waals surface area contributed by atoms with E-state index in [0.717, 1.165) is 12.8 Å². The molecule has 6 nitrogen and oxygen atoms in total. The number of carbonyl (C=O) groups excluding carboxylic acids is 1. The van der Waals surface area contributed by atoms with E-state index in [1.54, 1.807) is 22.4 Å². The van der Waals surface area contributed by atoms with Crippen molar-refractivity contribution in [1.29, 1.82) is 0 Å². The molecule has 2 rings (SSSR count). The predicted molar refractivity (Wildman–Crippen MR) is 87.5 cm³/mol. The molecule has 124 valence electrons. The Bertz CT molecular complexity index is 564. The first-order chi connectivity index (χ1) is 10.5. The highest BCUT2D eigenvalue weighted by atomic mass is 32.2. The second kappa shape index (κ2) is 7.94. The van der Waals surface area contributed by atoms with Gasteiger partial charge in [-0.2, -0.15) is 0 Å². The van der Waals surface area contributed by atoms with E-state index in [0.29, 0.717) is 36.7 Å². The van der Waals surface area contributed by atoms with E-state index in [-0.39, 0.29) is 12.1 Å². The minimum atomic E-state index is -3.42. The maximum absolute atomic E-state index is 12.2. The van der Waals surface area contributed by atoms with Gasteiger partial charge in [0.2, 0.25) is 10.0 Å². The van der Waals surface area contributed by atoms with E-state index in [4.69, 9.17) is 0 Å². The summed E-state index contributed by atoms with van der Waals surface area (Å²) in [7, 11) is -3.42. The Kier molecular flexibility index (Phi) is 6.22. The number of nitrogens with zero attached hydrogens (tertiary/aromatic N) is 1. The fourth-order valence-electron chi connectivity index (χ4n) is 2.38. The highest BCUT2D eigenvalue weighted by Crippen LogP contribution is 2.18. The van der Waals surface area contributed by atoms with Gasteiger partial charge in [-0.05, 0) is 30.7 Å². The zero-order valence-corrected chi connectivity index (χ0v) is 14.4. The molecule has 0 saturated carbocycles. The number of likely N-dealkylation sites (tertiary alicyclic amines) is 1. The molecule has 0 spiro atoms. The fraction of sp³-hybridized carbons (Fsp3) is 0.643. The first-order valence-electron chi connectivity index (χ1n) is 7.61. The van der Waals surface area contributed by atoms with Crippen LogP contribution in [-0.2, 0) is 10.0 Å². The van der Waals surface area contributed by atoms with Gasteiger partial charge in [0.15, 0.2) is 0 Å². The van der Waals surface area contributed by atoms with Gasteiger partial charge >= 0.3 is 6.03 Å². The number of sulfonamides is 1. The van der Waals surface area contributed by atoms with Crippen molar-refractivity contribution in [3.8, 4) is 0 Å². The van der Waals surface area contributed by atoms with Crippen LogP contribution in [0.2, 0.25) is 0 Å². The lowest BCUT2D eigenvalue weighted by Crippen LogP contribution is -2.49. The number of hydrogen-bond donors (Lipinski definition) is 2. The summed E-state index contributed by atoms with van der Waals surface area (Å²) >= 11 is 1.21. The first kappa shape index (κ1) is 17.2. The lowest BCUT2D eigenvalue weighted by molar-refractivity contribution is 0.180. The molecule has 2 amide bonds. The molecule has 1 aromatic rings. The SMILES string of the molecule is CCCCNC(=O)N1CCC(NS(=O)(=O)c2cccs2)CC1. The molecule has 0 aromatic carbocycles. The van der Waals surface area contributed by atoms with Crippen LogP contribution in [-0.4, -0.2) is 45.0 Å². The molecule has 0 aliphatic carbocycles. The number of carbonyl (C=O) groups is 1. The highest BCUT2D eigenvalue weighted by Gasteiger charge is 2.26. The van der Waals surface area contributed by atoms with Crippen LogP contribution in [0.25, 0.3) is 0 Å². The molecule has 8 heteroatoms. The summed E-state index contributed by atoms with van der Waals surface area (Å²) in [6.45, 7) is 3.93. The van der Waals surface area contributed by atoms with Crippen LogP contribution in [0.4, 0.5) is 4.79 Å². The highest BCUT2D eigenvalue weighted by molar-refractivity contribution is 7.91. The van der Waals surface area contributed by atoms with Crippen LogP contribution in [0, 0.1) is 0 Å². The van der Waals surface area contributed by atoms with Crippen LogP contribution in [0.1, 0.15) is 32.6 Å². The maximum Gasteiger partial charge on any atom is 0.317 e. The van der Waals surface area contributed by atoms with E-state index in [1.165, 1.54) is 11.3 Å². The summed E-state index contributed by atoms with van der Waals surface area (Å²) in [5, 5.41) is 4.64. The Morgan fingerprint density at radius 3 is 2.73 bits per heavy atom. The van der Waals surface area contributed by atoms with Gasteiger partial charge in [0.1, 0.15) is 4.21 Å². The third kappa shape index (κ3) is 4.69. The Hall–Kier alpha value is -1.12. The summed E-state index contributed by atoms with van der Waals surface area (Å²) in [5.74, 6) is 0. The van der Waals surface area contributed by atoms with E-state index in [1.807, 2.05) is 0 Å². The van der Waals surface area contributed by atoms with Gasteiger partial charge in [-0.15, -0.1) is 11.3 Å². The number of urea groups is 1. The first-order valence-corrected chi connectivity index (χ1v) is 9.98. The maximum atomic E-state index is 12.2. The fourth-order valence-corrected chi connectivity index (χ4v) is 4.69. The monoisotopic (exact) mass is 345 g/mol. The lowest BCUT2D eigenvalue weighted by atomic mass is 10.1. The van der Waals surface area contributed by atoms with Crippen molar-refractivity contribution < 1.29 is 13.2 Å². The molecule has 1 saturated heterocycles. The zero-order valence-electron chi connectivity index (χ0n) is 12.7. The average Bonchev–Trinajstić information content (AvgIpc) is 3.03. The van der Waals surface area contributed by atoms with Crippen LogP contribution in [0.3, 0.4) is 0 Å². The van der Waals surface area contributed by atoms with Crippen molar-refractivity contribution in [2.75, 3.05) is 19.6 Å². The summed E-state index contributed by atoms with van der Waals surface area (Å²) in [5.41, 5.74) is 0. The summed E-state index contributed by atoms with van der Waals surface area (Å²) in [6, 6.07) is 3.17. The van der Waals surface area contributed by atoms with Crippen molar-refractivity contribution in [2.24, 2.45) is 0 Å². The molecule has 0 unspecified atom stereocenters. The number of piperidine rings is 1. The van der Waals surface area contributed by atoms with Crippen LogP contribution in [0.5, 0.6) is 0 Å². The van der Waals surface area contributed by atoms with Crippen molar-refractivity contribution in [3.63, 3.8) is 0 Å². The molecule has 0 bridgehead atoms.